The lowest BCUT2D eigenvalue weighted by Crippen LogP contribution is -2.17. The Balaban J connectivity index is 2.71. The fourth-order valence-corrected chi connectivity index (χ4v) is 1.23. The molecule has 0 aromatic heterocycles. The van der Waals surface area contributed by atoms with Gasteiger partial charge in [0.2, 0.25) is 11.5 Å². The van der Waals surface area contributed by atoms with E-state index >= 15 is 0 Å². The lowest BCUT2D eigenvalue weighted by Gasteiger charge is -2.04. The number of hydrogen-bond donors (Lipinski definition) is 0. The van der Waals surface area contributed by atoms with Crippen LogP contribution in [0.3, 0.4) is 0 Å². The average Bonchev–Trinajstić information content (AvgIpc) is 2.32. The Morgan fingerprint density at radius 1 is 1.50 bits per heavy atom. The molecule has 0 radical (unpaired) electrons. The predicted octanol–water partition coefficient (Wildman–Crippen LogP) is 1.63. The molecule has 12 heavy (non-hydrogen) atoms. The summed E-state index contributed by atoms with van der Waals surface area (Å²) in [7, 11) is 0. The van der Waals surface area contributed by atoms with Gasteiger partial charge in [0.05, 0.1) is 6.61 Å². The van der Waals surface area contributed by atoms with Crippen LogP contribution in [-0.2, 0) is 14.3 Å². The van der Waals surface area contributed by atoms with Gasteiger partial charge in [-0.05, 0) is 20.3 Å². The van der Waals surface area contributed by atoms with Gasteiger partial charge < -0.3 is 9.47 Å². The topological polar surface area (TPSA) is 35.5 Å². The van der Waals surface area contributed by atoms with Crippen molar-refractivity contribution in [3.05, 3.63) is 11.5 Å². The zero-order valence-electron chi connectivity index (χ0n) is 7.72. The maximum absolute atomic E-state index is 11.4. The van der Waals surface area contributed by atoms with Crippen molar-refractivity contribution in [2.75, 3.05) is 6.61 Å². The summed E-state index contributed by atoms with van der Waals surface area (Å²) < 4.78 is 10.5. The Bertz CT molecular complexity index is 218. The van der Waals surface area contributed by atoms with E-state index in [9.17, 15) is 4.79 Å². The number of ketones is 1. The van der Waals surface area contributed by atoms with Crippen molar-refractivity contribution < 1.29 is 14.3 Å². The van der Waals surface area contributed by atoms with Crippen molar-refractivity contribution in [3.63, 3.8) is 0 Å². The molecular weight excluding hydrogens is 156 g/mol. The van der Waals surface area contributed by atoms with Crippen LogP contribution in [0.15, 0.2) is 11.5 Å². The molecule has 0 fully saturated rings. The van der Waals surface area contributed by atoms with Gasteiger partial charge >= 0.3 is 0 Å². The summed E-state index contributed by atoms with van der Waals surface area (Å²) in [5.74, 6) is 1.01. The van der Waals surface area contributed by atoms with Crippen LogP contribution in [0.1, 0.15) is 27.2 Å². The van der Waals surface area contributed by atoms with Gasteiger partial charge in [-0.2, -0.15) is 0 Å². The van der Waals surface area contributed by atoms with Gasteiger partial charge in [0.15, 0.2) is 6.10 Å². The minimum Gasteiger partial charge on any atom is -0.487 e. The first-order valence-corrected chi connectivity index (χ1v) is 4.25. The van der Waals surface area contributed by atoms with Crippen LogP contribution in [-0.4, -0.2) is 18.5 Å². The number of carbonyl (C=O) groups is 1. The number of rotatable bonds is 3. The van der Waals surface area contributed by atoms with Gasteiger partial charge in [-0.3, -0.25) is 4.79 Å². The number of hydrogen-bond acceptors (Lipinski definition) is 3. The van der Waals surface area contributed by atoms with E-state index in [-0.39, 0.29) is 11.9 Å². The maximum atomic E-state index is 11.4. The van der Waals surface area contributed by atoms with Crippen molar-refractivity contribution >= 4 is 5.78 Å². The third-order valence-corrected chi connectivity index (χ3v) is 1.81. The standard InChI is InChI=1S/C9H14O3/c1-4-7-8(10)9(11-5-2)6(3)12-7/h7H,4-5H2,1-3H3. The van der Waals surface area contributed by atoms with Crippen molar-refractivity contribution in [3.8, 4) is 0 Å². The second kappa shape index (κ2) is 3.61. The molecule has 0 bridgehead atoms. The predicted molar refractivity (Wildman–Crippen MR) is 44.5 cm³/mol. The van der Waals surface area contributed by atoms with Gasteiger partial charge in [-0.15, -0.1) is 0 Å². The summed E-state index contributed by atoms with van der Waals surface area (Å²) in [4.78, 5) is 11.4. The fourth-order valence-electron chi connectivity index (χ4n) is 1.23. The molecule has 0 saturated carbocycles. The molecule has 0 N–H and O–H groups in total. The third-order valence-electron chi connectivity index (χ3n) is 1.81. The Morgan fingerprint density at radius 3 is 2.58 bits per heavy atom. The molecule has 0 saturated heterocycles. The van der Waals surface area contributed by atoms with Gasteiger partial charge in [-0.25, -0.2) is 0 Å². The zero-order valence-corrected chi connectivity index (χ0v) is 7.72. The van der Waals surface area contributed by atoms with E-state index in [0.717, 1.165) is 0 Å². The fraction of sp³-hybridized carbons (Fsp3) is 0.667. The van der Waals surface area contributed by atoms with E-state index in [0.29, 0.717) is 24.5 Å². The first-order valence-electron chi connectivity index (χ1n) is 4.25. The Morgan fingerprint density at radius 2 is 2.17 bits per heavy atom. The van der Waals surface area contributed by atoms with E-state index in [1.54, 1.807) is 6.92 Å². The van der Waals surface area contributed by atoms with Crippen molar-refractivity contribution in [1.82, 2.24) is 0 Å². The highest BCUT2D eigenvalue weighted by Gasteiger charge is 2.32. The minimum atomic E-state index is -0.313. The summed E-state index contributed by atoms with van der Waals surface area (Å²) in [6.45, 7) is 6.05. The van der Waals surface area contributed by atoms with Crippen LogP contribution in [0.2, 0.25) is 0 Å². The zero-order chi connectivity index (χ0) is 9.14. The molecule has 1 heterocycles. The lowest BCUT2D eigenvalue weighted by atomic mass is 10.2. The molecule has 1 unspecified atom stereocenters. The lowest BCUT2D eigenvalue weighted by molar-refractivity contribution is -0.123. The summed E-state index contributed by atoms with van der Waals surface area (Å²) in [5, 5.41) is 0. The van der Waals surface area contributed by atoms with Crippen LogP contribution in [0, 0.1) is 0 Å². The van der Waals surface area contributed by atoms with Crippen molar-refractivity contribution in [2.24, 2.45) is 0 Å². The SMILES string of the molecule is CCOC1=C(C)OC(CC)C1=O. The van der Waals surface area contributed by atoms with E-state index in [4.69, 9.17) is 9.47 Å². The van der Waals surface area contributed by atoms with Crippen LogP contribution in [0.5, 0.6) is 0 Å². The largest absolute Gasteiger partial charge is 0.487 e. The van der Waals surface area contributed by atoms with E-state index in [1.165, 1.54) is 0 Å². The normalized spacial score (nSPS) is 22.9. The highest BCUT2D eigenvalue weighted by molar-refractivity contribution is 5.99. The molecule has 0 aromatic carbocycles. The van der Waals surface area contributed by atoms with Crippen LogP contribution in [0.25, 0.3) is 0 Å². The number of Topliss-reactive ketones (excluding diaryl/α,β-unsaturated/α-hetero) is 1. The molecule has 0 aliphatic carbocycles. The molecule has 1 aliphatic heterocycles. The number of carbonyl (C=O) groups excluding carboxylic acids is 1. The Labute approximate surface area is 72.4 Å². The van der Waals surface area contributed by atoms with Gasteiger partial charge in [0.1, 0.15) is 5.76 Å². The molecule has 3 heteroatoms. The van der Waals surface area contributed by atoms with Crippen LogP contribution < -0.4 is 0 Å². The summed E-state index contributed by atoms with van der Waals surface area (Å²) in [6, 6.07) is 0. The quantitative estimate of drug-likeness (QED) is 0.645. The van der Waals surface area contributed by atoms with Gasteiger partial charge in [-0.1, -0.05) is 6.92 Å². The minimum absolute atomic E-state index is 0.0168. The average molecular weight is 170 g/mol. The van der Waals surface area contributed by atoms with E-state index < -0.39 is 0 Å². The number of ether oxygens (including phenoxy) is 2. The summed E-state index contributed by atoms with van der Waals surface area (Å²) in [5.41, 5.74) is 0. The molecule has 3 nitrogen and oxygen atoms in total. The first kappa shape index (κ1) is 9.10. The number of allylic oxidation sites excluding steroid dienone is 1. The van der Waals surface area contributed by atoms with Crippen LogP contribution in [0.4, 0.5) is 0 Å². The second-order valence-electron chi connectivity index (χ2n) is 2.70. The third kappa shape index (κ3) is 1.44. The van der Waals surface area contributed by atoms with Gasteiger partial charge in [0.25, 0.3) is 0 Å². The Hall–Kier alpha value is -0.990. The van der Waals surface area contributed by atoms with Crippen molar-refractivity contribution in [1.29, 1.82) is 0 Å². The molecule has 0 spiro atoms. The maximum Gasteiger partial charge on any atom is 0.241 e. The van der Waals surface area contributed by atoms with Crippen molar-refractivity contribution in [2.45, 2.75) is 33.3 Å². The molecule has 68 valence electrons. The smallest absolute Gasteiger partial charge is 0.241 e. The highest BCUT2D eigenvalue weighted by Crippen LogP contribution is 2.23. The first-order chi connectivity index (χ1) is 5.70. The monoisotopic (exact) mass is 170 g/mol. The van der Waals surface area contributed by atoms with Gasteiger partial charge in [0, 0.05) is 0 Å². The van der Waals surface area contributed by atoms with Crippen LogP contribution >= 0.6 is 0 Å². The second-order valence-corrected chi connectivity index (χ2v) is 2.70. The molecule has 1 aliphatic rings. The van der Waals surface area contributed by atoms with E-state index in [2.05, 4.69) is 0 Å². The molecule has 1 rings (SSSR count). The molecule has 0 aromatic rings. The van der Waals surface area contributed by atoms with E-state index in [1.807, 2.05) is 13.8 Å². The Kier molecular flexibility index (Phi) is 2.74. The molecular formula is C9H14O3. The highest BCUT2D eigenvalue weighted by atomic mass is 16.5. The molecule has 0 amide bonds. The summed E-state index contributed by atoms with van der Waals surface area (Å²) >= 11 is 0. The molecule has 1 atom stereocenters. The summed E-state index contributed by atoms with van der Waals surface area (Å²) in [6.07, 6.45) is 0.388.